The number of hydrogen-bond acceptors (Lipinski definition) is 3. The summed E-state index contributed by atoms with van der Waals surface area (Å²) in [4.78, 5) is 12.7. The predicted octanol–water partition coefficient (Wildman–Crippen LogP) is 5.58. The molecular weight excluding hydrogens is 370 g/mol. The van der Waals surface area contributed by atoms with E-state index in [4.69, 9.17) is 0 Å². The number of Topliss-reactive ketones (excluding diaryl/α,β-unsaturated/α-hetero) is 1. The van der Waals surface area contributed by atoms with Gasteiger partial charge in [-0.05, 0) is 92.3 Å². The molecule has 0 spiro atoms. The Morgan fingerprint density at radius 2 is 1.70 bits per heavy atom. The van der Waals surface area contributed by atoms with Gasteiger partial charge in [0.15, 0.2) is 5.78 Å². The molecule has 4 fully saturated rings. The van der Waals surface area contributed by atoms with Gasteiger partial charge in [0.2, 0.25) is 0 Å². The summed E-state index contributed by atoms with van der Waals surface area (Å²) in [5.74, 6) is 3.50. The largest absolute Gasteiger partial charge is 0.379 e. The van der Waals surface area contributed by atoms with Crippen LogP contribution >= 0.6 is 0 Å². The molecule has 3 nitrogen and oxygen atoms in total. The lowest BCUT2D eigenvalue weighted by Gasteiger charge is -2.61. The van der Waals surface area contributed by atoms with Gasteiger partial charge in [0.05, 0.1) is 0 Å². The van der Waals surface area contributed by atoms with Crippen LogP contribution in [-0.2, 0) is 0 Å². The van der Waals surface area contributed by atoms with Crippen LogP contribution in [0.2, 0.25) is 0 Å². The van der Waals surface area contributed by atoms with Crippen molar-refractivity contribution in [2.24, 2.45) is 34.5 Å². The minimum atomic E-state index is -0.300. The van der Waals surface area contributed by atoms with Gasteiger partial charge < -0.3 is 5.11 Å². The van der Waals surface area contributed by atoms with Gasteiger partial charge in [-0.2, -0.15) is 0 Å². The summed E-state index contributed by atoms with van der Waals surface area (Å²) in [7, 11) is 0. The number of aliphatic hydroxyl groups is 1. The van der Waals surface area contributed by atoms with E-state index in [0.29, 0.717) is 35.0 Å². The second-order valence-electron chi connectivity index (χ2n) is 11.4. The maximum absolute atomic E-state index is 12.7. The summed E-state index contributed by atoms with van der Waals surface area (Å²) in [5, 5.41) is 13.7. The normalized spacial score (nSPS) is 45.3. The molecule has 8 atom stereocenters. The Bertz CT molecular complexity index is 778. The molecule has 164 valence electrons. The summed E-state index contributed by atoms with van der Waals surface area (Å²) in [6.07, 6.45) is 11.4. The molecule has 1 aromatic carbocycles. The second-order valence-corrected chi connectivity index (χ2v) is 11.4. The summed E-state index contributed by atoms with van der Waals surface area (Å²) in [5.41, 5.74) is 1.65. The Kier molecular flexibility index (Phi) is 5.34. The fourth-order valence-electron chi connectivity index (χ4n) is 8.51. The zero-order chi connectivity index (χ0) is 20.9. The number of fused-ring (bicyclic) bond motifs is 5. The van der Waals surface area contributed by atoms with Crippen LogP contribution in [0.5, 0.6) is 0 Å². The SMILES string of the molecule is CC12CC[C@H](O)NC1CCC1C2CCC2(C)C1CC[C@@H]2CCC(=O)c1ccccc1. The highest BCUT2D eigenvalue weighted by atomic mass is 16.3. The summed E-state index contributed by atoms with van der Waals surface area (Å²) in [6, 6.07) is 10.3. The molecule has 1 heterocycles. The first-order valence-electron chi connectivity index (χ1n) is 12.4. The molecule has 2 N–H and O–H groups in total. The lowest BCUT2D eigenvalue weighted by molar-refractivity contribution is -0.115. The number of piperidine rings is 1. The lowest BCUT2D eigenvalue weighted by Crippen LogP contribution is -2.61. The minimum Gasteiger partial charge on any atom is -0.379 e. The van der Waals surface area contributed by atoms with Crippen LogP contribution in [0, 0.1) is 34.5 Å². The van der Waals surface area contributed by atoms with E-state index in [-0.39, 0.29) is 6.23 Å². The van der Waals surface area contributed by atoms with Crippen molar-refractivity contribution in [2.45, 2.75) is 90.3 Å². The number of ketones is 1. The Balaban J connectivity index is 1.28. The van der Waals surface area contributed by atoms with Gasteiger partial charge in [-0.3, -0.25) is 10.1 Å². The fourth-order valence-corrected chi connectivity index (χ4v) is 8.51. The second kappa shape index (κ2) is 7.74. The topological polar surface area (TPSA) is 49.3 Å². The minimum absolute atomic E-state index is 0.300. The van der Waals surface area contributed by atoms with Gasteiger partial charge in [-0.25, -0.2) is 0 Å². The third-order valence-corrected chi connectivity index (χ3v) is 10.2. The van der Waals surface area contributed by atoms with E-state index in [1.165, 1.54) is 44.9 Å². The molecular formula is C27H39NO2. The summed E-state index contributed by atoms with van der Waals surface area (Å²) in [6.45, 7) is 5.08. The van der Waals surface area contributed by atoms with Crippen LogP contribution in [0.25, 0.3) is 0 Å². The standard InChI is InChI=1S/C27H39NO2/c1-26-16-14-22-20(10-13-24-27(22,2)17-15-25(30)28-24)21(26)11-8-19(26)9-12-23(29)18-6-4-3-5-7-18/h3-7,19-22,24-25,28,30H,8-17H2,1-2H3/t19-,20?,21?,22?,24?,25+,26?,27?/m1/s1. The maximum Gasteiger partial charge on any atom is 0.162 e. The number of aliphatic hydroxyl groups excluding tert-OH is 1. The van der Waals surface area contributed by atoms with E-state index in [1.807, 2.05) is 30.3 Å². The molecule has 3 saturated carbocycles. The van der Waals surface area contributed by atoms with Gasteiger partial charge in [0.1, 0.15) is 6.23 Å². The van der Waals surface area contributed by atoms with E-state index in [9.17, 15) is 9.90 Å². The van der Waals surface area contributed by atoms with Crippen LogP contribution in [0.3, 0.4) is 0 Å². The average molecular weight is 410 g/mol. The van der Waals surface area contributed by atoms with E-state index >= 15 is 0 Å². The first kappa shape index (κ1) is 20.7. The Morgan fingerprint density at radius 1 is 0.967 bits per heavy atom. The highest BCUT2D eigenvalue weighted by Gasteiger charge is 2.59. The maximum atomic E-state index is 12.7. The van der Waals surface area contributed by atoms with Gasteiger partial charge in [0, 0.05) is 18.0 Å². The average Bonchev–Trinajstić information content (AvgIpc) is 3.09. The van der Waals surface area contributed by atoms with Crippen molar-refractivity contribution in [3.63, 3.8) is 0 Å². The number of hydrogen-bond donors (Lipinski definition) is 2. The molecule has 30 heavy (non-hydrogen) atoms. The number of nitrogens with one attached hydrogen (secondary N) is 1. The van der Waals surface area contributed by atoms with Gasteiger partial charge in [0.25, 0.3) is 0 Å². The fraction of sp³-hybridized carbons (Fsp3) is 0.741. The third-order valence-electron chi connectivity index (χ3n) is 10.2. The van der Waals surface area contributed by atoms with E-state index in [0.717, 1.165) is 36.2 Å². The van der Waals surface area contributed by atoms with Crippen molar-refractivity contribution >= 4 is 5.78 Å². The van der Waals surface area contributed by atoms with Gasteiger partial charge >= 0.3 is 0 Å². The zero-order valence-corrected chi connectivity index (χ0v) is 18.8. The first-order valence-corrected chi connectivity index (χ1v) is 12.4. The molecule has 3 heteroatoms. The molecule has 1 aromatic rings. The van der Waals surface area contributed by atoms with Crippen molar-refractivity contribution in [3.05, 3.63) is 35.9 Å². The number of rotatable bonds is 4. The molecule has 0 amide bonds. The van der Waals surface area contributed by atoms with E-state index in [1.54, 1.807) is 0 Å². The summed E-state index contributed by atoms with van der Waals surface area (Å²) >= 11 is 0. The zero-order valence-electron chi connectivity index (χ0n) is 18.8. The predicted molar refractivity (Wildman–Crippen MR) is 120 cm³/mol. The Hall–Kier alpha value is -1.19. The molecule has 1 aliphatic heterocycles. The van der Waals surface area contributed by atoms with Crippen molar-refractivity contribution in [1.29, 1.82) is 0 Å². The third kappa shape index (κ3) is 3.28. The molecule has 0 bridgehead atoms. The number of carbonyl (C=O) groups excluding carboxylic acids is 1. The molecule has 4 aliphatic rings. The molecule has 0 radical (unpaired) electrons. The monoisotopic (exact) mass is 409 g/mol. The van der Waals surface area contributed by atoms with Crippen molar-refractivity contribution < 1.29 is 9.90 Å². The van der Waals surface area contributed by atoms with Gasteiger partial charge in [-0.1, -0.05) is 44.2 Å². The highest BCUT2D eigenvalue weighted by molar-refractivity contribution is 5.95. The highest BCUT2D eigenvalue weighted by Crippen LogP contribution is 2.66. The molecule has 3 aliphatic carbocycles. The van der Waals surface area contributed by atoms with Crippen molar-refractivity contribution in [1.82, 2.24) is 5.32 Å². The lowest BCUT2D eigenvalue weighted by atomic mass is 9.47. The van der Waals surface area contributed by atoms with Crippen LogP contribution in [0.1, 0.15) is 88.4 Å². The van der Waals surface area contributed by atoms with Crippen molar-refractivity contribution in [3.8, 4) is 0 Å². The van der Waals surface area contributed by atoms with Gasteiger partial charge in [-0.15, -0.1) is 0 Å². The molecule has 0 aromatic heterocycles. The molecule has 1 saturated heterocycles. The van der Waals surface area contributed by atoms with E-state index < -0.39 is 0 Å². The summed E-state index contributed by atoms with van der Waals surface area (Å²) < 4.78 is 0. The van der Waals surface area contributed by atoms with Crippen molar-refractivity contribution in [2.75, 3.05) is 0 Å². The molecule has 6 unspecified atom stereocenters. The smallest absolute Gasteiger partial charge is 0.162 e. The van der Waals surface area contributed by atoms with Crippen LogP contribution in [-0.4, -0.2) is 23.2 Å². The quantitative estimate of drug-likeness (QED) is 0.638. The van der Waals surface area contributed by atoms with Crippen LogP contribution < -0.4 is 5.32 Å². The molecule has 5 rings (SSSR count). The van der Waals surface area contributed by atoms with Crippen LogP contribution in [0.4, 0.5) is 0 Å². The van der Waals surface area contributed by atoms with E-state index in [2.05, 4.69) is 19.2 Å². The Morgan fingerprint density at radius 3 is 2.50 bits per heavy atom. The number of carbonyl (C=O) groups is 1. The van der Waals surface area contributed by atoms with Crippen LogP contribution in [0.15, 0.2) is 30.3 Å². The number of benzene rings is 1. The first-order chi connectivity index (χ1) is 14.4. The Labute approximate surface area is 182 Å².